The van der Waals surface area contributed by atoms with E-state index in [1.54, 1.807) is 42.5 Å². The molecule has 1 aromatic carbocycles. The maximum atomic E-state index is 13.4. The number of nitrogens with one attached hydrogen (secondary N) is 2. The van der Waals surface area contributed by atoms with Crippen molar-refractivity contribution in [2.45, 2.75) is 71.1 Å². The van der Waals surface area contributed by atoms with Crippen molar-refractivity contribution in [3.05, 3.63) is 52.2 Å². The summed E-state index contributed by atoms with van der Waals surface area (Å²) in [5.41, 5.74) is 0.988. The minimum absolute atomic E-state index is 0.0678. The van der Waals surface area contributed by atoms with Gasteiger partial charge in [-0.25, -0.2) is 9.59 Å². The van der Waals surface area contributed by atoms with Crippen LogP contribution in [0.3, 0.4) is 0 Å². The van der Waals surface area contributed by atoms with Gasteiger partial charge in [0.15, 0.2) is 0 Å². The fourth-order valence-electron chi connectivity index (χ4n) is 4.53. The van der Waals surface area contributed by atoms with Crippen molar-refractivity contribution in [2.75, 3.05) is 11.9 Å². The van der Waals surface area contributed by atoms with E-state index < -0.39 is 0 Å². The van der Waals surface area contributed by atoms with Gasteiger partial charge >= 0.3 is 12.0 Å². The summed E-state index contributed by atoms with van der Waals surface area (Å²) < 4.78 is 5.02. The zero-order valence-electron chi connectivity index (χ0n) is 19.0. The quantitative estimate of drug-likeness (QED) is 0.597. The smallest absolute Gasteiger partial charge is 0.338 e. The van der Waals surface area contributed by atoms with Crippen LogP contribution in [-0.4, -0.2) is 40.6 Å². The molecule has 1 saturated heterocycles. The van der Waals surface area contributed by atoms with Crippen LogP contribution in [-0.2, 0) is 11.3 Å². The summed E-state index contributed by atoms with van der Waals surface area (Å²) in [4.78, 5) is 28.4. The summed E-state index contributed by atoms with van der Waals surface area (Å²) in [6.07, 6.45) is 1.74. The number of rotatable bonds is 6. The molecular weight excluding hydrogens is 410 g/mol. The zero-order valence-corrected chi connectivity index (χ0v) is 19.8. The first-order chi connectivity index (χ1) is 14.6. The summed E-state index contributed by atoms with van der Waals surface area (Å²) in [6.45, 7) is 11.4. The lowest BCUT2D eigenvalue weighted by Crippen LogP contribution is -2.63. The number of amides is 2. The zero-order chi connectivity index (χ0) is 22.6. The number of nitrogens with zero attached hydrogens (tertiary/aromatic N) is 1. The molecule has 0 radical (unpaired) electrons. The number of urea groups is 1. The van der Waals surface area contributed by atoms with Gasteiger partial charge in [-0.3, -0.25) is 0 Å². The average Bonchev–Trinajstić information content (AvgIpc) is 3.17. The predicted octanol–water partition coefficient (Wildman–Crippen LogP) is 5.27. The Morgan fingerprint density at radius 3 is 2.32 bits per heavy atom. The molecule has 168 valence electrons. The lowest BCUT2D eigenvalue weighted by molar-refractivity contribution is 0.0526. The van der Waals surface area contributed by atoms with Crippen molar-refractivity contribution in [1.29, 1.82) is 0 Å². The fourth-order valence-corrected chi connectivity index (χ4v) is 5.23. The Morgan fingerprint density at radius 1 is 1.13 bits per heavy atom. The van der Waals surface area contributed by atoms with Crippen LogP contribution in [0.25, 0.3) is 0 Å². The Labute approximate surface area is 189 Å². The minimum atomic E-state index is -0.362. The first-order valence-corrected chi connectivity index (χ1v) is 11.6. The van der Waals surface area contributed by atoms with Gasteiger partial charge in [0, 0.05) is 27.7 Å². The third kappa shape index (κ3) is 6.31. The Morgan fingerprint density at radius 2 is 1.77 bits per heavy atom. The molecule has 0 bridgehead atoms. The highest BCUT2D eigenvalue weighted by Gasteiger charge is 2.41. The highest BCUT2D eigenvalue weighted by Crippen LogP contribution is 2.33. The molecule has 2 heterocycles. The minimum Gasteiger partial charge on any atom is -0.462 e. The topological polar surface area (TPSA) is 70.7 Å². The summed E-state index contributed by atoms with van der Waals surface area (Å²) in [7, 11) is 0. The van der Waals surface area contributed by atoms with Gasteiger partial charge in [-0.15, -0.1) is 11.3 Å². The number of hydrogen-bond donors (Lipinski definition) is 2. The number of hydrogen-bond acceptors (Lipinski definition) is 5. The van der Waals surface area contributed by atoms with E-state index >= 15 is 0 Å². The molecule has 31 heavy (non-hydrogen) atoms. The van der Waals surface area contributed by atoms with Crippen LogP contribution in [0.5, 0.6) is 0 Å². The number of ether oxygens (including phenoxy) is 1. The number of carbonyl (C=O) groups is 2. The Bertz CT molecular complexity index is 875. The van der Waals surface area contributed by atoms with Gasteiger partial charge in [-0.05, 0) is 83.2 Å². The van der Waals surface area contributed by atoms with Crippen molar-refractivity contribution in [3.63, 3.8) is 0 Å². The molecule has 6 nitrogen and oxygen atoms in total. The van der Waals surface area contributed by atoms with Crippen LogP contribution in [0.15, 0.2) is 41.8 Å². The van der Waals surface area contributed by atoms with Gasteiger partial charge in [0.25, 0.3) is 0 Å². The van der Waals surface area contributed by atoms with E-state index in [2.05, 4.69) is 44.4 Å². The van der Waals surface area contributed by atoms with Crippen LogP contribution >= 0.6 is 11.3 Å². The van der Waals surface area contributed by atoms with Gasteiger partial charge in [0.05, 0.1) is 18.7 Å². The van der Waals surface area contributed by atoms with E-state index in [9.17, 15) is 9.59 Å². The van der Waals surface area contributed by atoms with Gasteiger partial charge in [-0.2, -0.15) is 0 Å². The maximum Gasteiger partial charge on any atom is 0.338 e. The van der Waals surface area contributed by atoms with E-state index in [4.69, 9.17) is 4.74 Å². The number of thiophene rings is 1. The largest absolute Gasteiger partial charge is 0.462 e. The maximum absolute atomic E-state index is 13.4. The molecule has 0 unspecified atom stereocenters. The molecule has 2 N–H and O–H groups in total. The highest BCUT2D eigenvalue weighted by atomic mass is 32.1. The number of carbonyl (C=O) groups excluding carboxylic acids is 2. The van der Waals surface area contributed by atoms with Crippen LogP contribution in [0, 0.1) is 0 Å². The van der Waals surface area contributed by atoms with Crippen LogP contribution in [0.2, 0.25) is 0 Å². The van der Waals surface area contributed by atoms with E-state index in [1.165, 1.54) is 0 Å². The summed E-state index contributed by atoms with van der Waals surface area (Å²) in [5.74, 6) is -0.362. The predicted molar refractivity (Wildman–Crippen MR) is 126 cm³/mol. The molecule has 1 aliphatic heterocycles. The molecule has 2 aromatic rings. The van der Waals surface area contributed by atoms with Crippen LogP contribution in [0.1, 0.15) is 62.7 Å². The number of anilines is 1. The Balaban J connectivity index is 1.79. The Kier molecular flexibility index (Phi) is 7.06. The first-order valence-electron chi connectivity index (χ1n) is 10.7. The Hall–Kier alpha value is -2.38. The van der Waals surface area contributed by atoms with Crippen molar-refractivity contribution in [3.8, 4) is 0 Å². The molecule has 0 aliphatic carbocycles. The van der Waals surface area contributed by atoms with Crippen LogP contribution in [0.4, 0.5) is 10.5 Å². The molecule has 1 fully saturated rings. The third-order valence-corrected chi connectivity index (χ3v) is 6.29. The summed E-state index contributed by atoms with van der Waals surface area (Å²) >= 11 is 1.66. The fraction of sp³-hybridized carbons (Fsp3) is 0.500. The molecule has 1 aliphatic rings. The number of piperidine rings is 1. The lowest BCUT2D eigenvalue weighted by atomic mass is 9.79. The standard InChI is InChI=1S/C24H33N3O3S/c1-6-30-21(28)17-9-11-18(12-10-17)25-22(29)27(16-20-8-7-13-31-20)19-14-23(2,3)26-24(4,5)15-19/h7-13,19,26H,6,14-16H2,1-5H3,(H,25,29). The van der Waals surface area contributed by atoms with Crippen LogP contribution < -0.4 is 10.6 Å². The van der Waals surface area contributed by atoms with E-state index in [1.807, 2.05) is 16.3 Å². The van der Waals surface area contributed by atoms with Gasteiger partial charge in [0.1, 0.15) is 0 Å². The lowest BCUT2D eigenvalue weighted by Gasteiger charge is -2.49. The molecule has 1 aromatic heterocycles. The second kappa shape index (κ2) is 9.40. The normalized spacial score (nSPS) is 17.7. The average molecular weight is 444 g/mol. The van der Waals surface area contributed by atoms with E-state index in [0.29, 0.717) is 24.4 Å². The van der Waals surface area contributed by atoms with E-state index in [0.717, 1.165) is 17.7 Å². The number of benzene rings is 1. The summed E-state index contributed by atoms with van der Waals surface area (Å²) in [6, 6.07) is 10.9. The van der Waals surface area contributed by atoms with Crippen molar-refractivity contribution >= 4 is 29.0 Å². The molecular formula is C24H33N3O3S. The second-order valence-corrected chi connectivity index (χ2v) is 10.4. The van der Waals surface area contributed by atoms with Crippen molar-refractivity contribution < 1.29 is 14.3 Å². The third-order valence-electron chi connectivity index (χ3n) is 5.42. The monoisotopic (exact) mass is 443 g/mol. The molecule has 0 spiro atoms. The molecule has 0 saturated carbocycles. The molecule has 3 rings (SSSR count). The van der Waals surface area contributed by atoms with Gasteiger partial charge < -0.3 is 20.3 Å². The number of esters is 1. The van der Waals surface area contributed by atoms with Gasteiger partial charge in [-0.1, -0.05) is 6.07 Å². The summed E-state index contributed by atoms with van der Waals surface area (Å²) in [5, 5.41) is 8.75. The second-order valence-electron chi connectivity index (χ2n) is 9.39. The highest BCUT2D eigenvalue weighted by molar-refractivity contribution is 7.09. The van der Waals surface area contributed by atoms with E-state index in [-0.39, 0.29) is 29.1 Å². The molecule has 2 amide bonds. The SMILES string of the molecule is CCOC(=O)c1ccc(NC(=O)N(Cc2cccs2)C2CC(C)(C)NC(C)(C)C2)cc1. The van der Waals surface area contributed by atoms with Gasteiger partial charge in [0.2, 0.25) is 0 Å². The first kappa shape index (κ1) is 23.3. The molecule has 7 heteroatoms. The van der Waals surface area contributed by atoms with Crippen molar-refractivity contribution in [1.82, 2.24) is 10.2 Å². The molecule has 0 atom stereocenters. The van der Waals surface area contributed by atoms with Crippen molar-refractivity contribution in [2.24, 2.45) is 0 Å².